The van der Waals surface area contributed by atoms with E-state index in [1.54, 1.807) is 0 Å². The number of halogens is 1. The summed E-state index contributed by atoms with van der Waals surface area (Å²) in [5.74, 6) is -0.510. The molecule has 0 saturated carbocycles. The van der Waals surface area contributed by atoms with E-state index >= 15 is 0 Å². The molecule has 0 unspecified atom stereocenters. The predicted octanol–water partition coefficient (Wildman–Crippen LogP) is 2.62. The van der Waals surface area contributed by atoms with Crippen LogP contribution in [-0.4, -0.2) is 14.2 Å². The lowest BCUT2D eigenvalue weighted by molar-refractivity contribution is 0.397. The quantitative estimate of drug-likeness (QED) is 0.670. The van der Waals surface area contributed by atoms with E-state index < -0.39 is 15.7 Å². The number of anilines is 1. The molecule has 0 aliphatic carbocycles. The van der Waals surface area contributed by atoms with Gasteiger partial charge in [-0.15, -0.1) is 0 Å². The zero-order valence-corrected chi connectivity index (χ0v) is 11.1. The largest absolute Gasteiger partial charge is 0.398 e. The summed E-state index contributed by atoms with van der Waals surface area (Å²) in [4.78, 5) is 0.0168. The molecule has 0 radical (unpaired) electrons. The maximum absolute atomic E-state index is 12.8. The lowest BCUT2D eigenvalue weighted by Crippen LogP contribution is -2.16. The Kier molecular flexibility index (Phi) is 3.81. The van der Waals surface area contributed by atoms with E-state index in [4.69, 9.17) is 5.73 Å². The average molecular weight is 259 g/mol. The number of sulfone groups is 1. The van der Waals surface area contributed by atoms with Crippen LogP contribution in [0.5, 0.6) is 0 Å². The molecule has 0 saturated heterocycles. The molecule has 1 aromatic carbocycles. The fourth-order valence-corrected chi connectivity index (χ4v) is 3.15. The highest BCUT2D eigenvalue weighted by molar-refractivity contribution is 7.91. The van der Waals surface area contributed by atoms with Crippen LogP contribution in [0.1, 0.15) is 27.2 Å². The minimum absolute atomic E-state index is 0.0168. The SMILES string of the molecule is CC(C)(C)CCS(=O)(=O)c1ccc(F)cc1N. The van der Waals surface area contributed by atoms with Crippen molar-refractivity contribution in [1.82, 2.24) is 0 Å². The van der Waals surface area contributed by atoms with Gasteiger partial charge in [0.2, 0.25) is 0 Å². The third kappa shape index (κ3) is 4.00. The van der Waals surface area contributed by atoms with E-state index in [-0.39, 0.29) is 21.8 Å². The number of nitrogens with two attached hydrogens (primary N) is 1. The monoisotopic (exact) mass is 259 g/mol. The van der Waals surface area contributed by atoms with Gasteiger partial charge >= 0.3 is 0 Å². The summed E-state index contributed by atoms with van der Waals surface area (Å²) in [6, 6.07) is 3.37. The molecule has 1 aromatic rings. The number of benzene rings is 1. The normalized spacial score (nSPS) is 12.7. The maximum atomic E-state index is 12.8. The first kappa shape index (κ1) is 14.0. The Balaban J connectivity index is 2.98. The topological polar surface area (TPSA) is 60.2 Å². The Bertz CT molecular complexity index is 504. The highest BCUT2D eigenvalue weighted by Gasteiger charge is 2.21. The molecular weight excluding hydrogens is 241 g/mol. The fourth-order valence-electron chi connectivity index (χ4n) is 1.35. The molecule has 5 heteroatoms. The summed E-state index contributed by atoms with van der Waals surface area (Å²) in [6.45, 7) is 5.91. The lowest BCUT2D eigenvalue weighted by atomic mass is 9.94. The van der Waals surface area contributed by atoms with Crippen molar-refractivity contribution in [2.24, 2.45) is 5.41 Å². The Hall–Kier alpha value is -1.10. The first-order chi connectivity index (χ1) is 7.62. The van der Waals surface area contributed by atoms with Crippen LogP contribution in [0.2, 0.25) is 0 Å². The van der Waals surface area contributed by atoms with E-state index in [1.807, 2.05) is 20.8 Å². The second kappa shape index (κ2) is 4.64. The van der Waals surface area contributed by atoms with Crippen LogP contribution < -0.4 is 5.73 Å². The molecule has 17 heavy (non-hydrogen) atoms. The predicted molar refractivity (Wildman–Crippen MR) is 66.9 cm³/mol. The molecule has 0 amide bonds. The van der Waals surface area contributed by atoms with Gasteiger partial charge in [0.1, 0.15) is 5.82 Å². The number of hydrogen-bond acceptors (Lipinski definition) is 3. The van der Waals surface area contributed by atoms with E-state index in [0.717, 1.165) is 12.1 Å². The summed E-state index contributed by atoms with van der Waals surface area (Å²) in [5, 5.41) is 0. The van der Waals surface area contributed by atoms with Crippen LogP contribution in [0.3, 0.4) is 0 Å². The maximum Gasteiger partial charge on any atom is 0.180 e. The second-order valence-corrected chi connectivity index (χ2v) is 7.39. The first-order valence-corrected chi connectivity index (χ1v) is 7.05. The second-order valence-electron chi connectivity index (χ2n) is 5.31. The van der Waals surface area contributed by atoms with Crippen molar-refractivity contribution >= 4 is 15.5 Å². The third-order valence-electron chi connectivity index (χ3n) is 2.43. The van der Waals surface area contributed by atoms with E-state index in [9.17, 15) is 12.8 Å². The van der Waals surface area contributed by atoms with Gasteiger partial charge in [0, 0.05) is 0 Å². The summed E-state index contributed by atoms with van der Waals surface area (Å²) >= 11 is 0. The van der Waals surface area contributed by atoms with Crippen molar-refractivity contribution in [2.75, 3.05) is 11.5 Å². The highest BCUT2D eigenvalue weighted by atomic mass is 32.2. The van der Waals surface area contributed by atoms with Crippen LogP contribution in [0.15, 0.2) is 23.1 Å². The lowest BCUT2D eigenvalue weighted by Gasteiger charge is -2.18. The smallest absolute Gasteiger partial charge is 0.180 e. The van der Waals surface area contributed by atoms with Crippen molar-refractivity contribution in [3.8, 4) is 0 Å². The summed E-state index contributed by atoms with van der Waals surface area (Å²) in [7, 11) is -3.43. The van der Waals surface area contributed by atoms with Gasteiger partial charge in [-0.05, 0) is 30.0 Å². The van der Waals surface area contributed by atoms with Crippen molar-refractivity contribution in [3.05, 3.63) is 24.0 Å². The molecule has 96 valence electrons. The Morgan fingerprint density at radius 2 is 1.88 bits per heavy atom. The van der Waals surface area contributed by atoms with Crippen LogP contribution in [-0.2, 0) is 9.84 Å². The van der Waals surface area contributed by atoms with E-state index in [1.165, 1.54) is 6.07 Å². The molecule has 0 aromatic heterocycles. The average Bonchev–Trinajstić information content (AvgIpc) is 2.13. The van der Waals surface area contributed by atoms with Crippen LogP contribution in [0, 0.1) is 11.2 Å². The summed E-state index contributed by atoms with van der Waals surface area (Å²) in [6.07, 6.45) is 0.534. The number of rotatable bonds is 3. The van der Waals surface area contributed by atoms with Gasteiger partial charge in [-0.2, -0.15) is 0 Å². The standard InChI is InChI=1S/C12H18FNO2S/c1-12(2,3)6-7-17(15,16)11-5-4-9(13)8-10(11)14/h4-5,8H,6-7,14H2,1-3H3. The third-order valence-corrected chi connectivity index (χ3v) is 4.21. The van der Waals surface area contributed by atoms with E-state index in [0.29, 0.717) is 6.42 Å². The van der Waals surface area contributed by atoms with Gasteiger partial charge in [-0.3, -0.25) is 0 Å². The number of hydrogen-bond donors (Lipinski definition) is 1. The zero-order chi connectivity index (χ0) is 13.3. The molecule has 0 atom stereocenters. The molecular formula is C12H18FNO2S. The first-order valence-electron chi connectivity index (χ1n) is 5.40. The van der Waals surface area contributed by atoms with Gasteiger partial charge in [-0.25, -0.2) is 12.8 Å². The molecule has 0 heterocycles. The van der Waals surface area contributed by atoms with Crippen molar-refractivity contribution in [3.63, 3.8) is 0 Å². The van der Waals surface area contributed by atoms with Crippen molar-refractivity contribution < 1.29 is 12.8 Å². The summed E-state index contributed by atoms with van der Waals surface area (Å²) < 4.78 is 36.9. The van der Waals surface area contributed by atoms with Gasteiger partial charge in [-0.1, -0.05) is 20.8 Å². The fraction of sp³-hybridized carbons (Fsp3) is 0.500. The van der Waals surface area contributed by atoms with Crippen molar-refractivity contribution in [2.45, 2.75) is 32.1 Å². The highest BCUT2D eigenvalue weighted by Crippen LogP contribution is 2.25. The Labute approximate surface area is 102 Å². The Morgan fingerprint density at radius 3 is 2.35 bits per heavy atom. The molecule has 2 N–H and O–H groups in total. The molecule has 1 rings (SSSR count). The molecule has 0 spiro atoms. The van der Waals surface area contributed by atoms with Crippen LogP contribution >= 0.6 is 0 Å². The zero-order valence-electron chi connectivity index (χ0n) is 10.3. The number of nitrogen functional groups attached to an aromatic ring is 1. The molecule has 0 aliphatic heterocycles. The minimum atomic E-state index is -3.43. The van der Waals surface area contributed by atoms with Gasteiger partial charge in [0.15, 0.2) is 9.84 Å². The summed E-state index contributed by atoms with van der Waals surface area (Å²) in [5.41, 5.74) is 5.43. The Morgan fingerprint density at radius 1 is 1.29 bits per heavy atom. The van der Waals surface area contributed by atoms with Crippen LogP contribution in [0.25, 0.3) is 0 Å². The van der Waals surface area contributed by atoms with E-state index in [2.05, 4.69) is 0 Å². The molecule has 0 bridgehead atoms. The van der Waals surface area contributed by atoms with Gasteiger partial charge in [0.25, 0.3) is 0 Å². The van der Waals surface area contributed by atoms with Gasteiger partial charge in [0.05, 0.1) is 16.3 Å². The van der Waals surface area contributed by atoms with Crippen molar-refractivity contribution in [1.29, 1.82) is 0 Å². The molecule has 0 aliphatic rings. The van der Waals surface area contributed by atoms with Crippen LogP contribution in [0.4, 0.5) is 10.1 Å². The van der Waals surface area contributed by atoms with Gasteiger partial charge < -0.3 is 5.73 Å². The minimum Gasteiger partial charge on any atom is -0.398 e. The molecule has 3 nitrogen and oxygen atoms in total. The molecule has 0 fully saturated rings.